The van der Waals surface area contributed by atoms with Crippen molar-refractivity contribution in [1.29, 1.82) is 0 Å². The normalized spacial score (nSPS) is 23.6. The molecule has 8 N–H and O–H groups in total. The zero-order chi connectivity index (χ0) is 45.7. The predicted octanol–water partition coefficient (Wildman–Crippen LogP) is 6.56. The van der Waals surface area contributed by atoms with Gasteiger partial charge in [0, 0.05) is 19.3 Å². The van der Waals surface area contributed by atoms with Crippen LogP contribution in [0.4, 0.5) is 0 Å². The van der Waals surface area contributed by atoms with Gasteiger partial charge in [0.15, 0.2) is 0 Å². The van der Waals surface area contributed by atoms with Gasteiger partial charge < -0.3 is 50.3 Å². The standard InChI is InChI=1S/C12H22O3.C11H22O4.C11H20O3.C10H20O4/c1-11(2,3)6-5-9-7-12(4,14)8-10(13)15-9;1-8(2)4-5-9(12)6-11(3,15)7-10(13)14;1-11(2,3)5-4-9-6-8(12)7-10(13)14-9;1-7(2)3-4-8(11)5-9(12)6-10(13)14/h9,14H,5-8H2,1-4H3;8-9,12,15H,4-7H2,1-3H3,(H,13,14);8-9,12H,4-7H2,1-3H3;7-9,11-12H,3-6H2,1-2H3,(H,13,14). The highest BCUT2D eigenvalue weighted by molar-refractivity contribution is 5.72. The van der Waals surface area contributed by atoms with Crippen LogP contribution < -0.4 is 0 Å². The molecule has 2 aliphatic rings. The van der Waals surface area contributed by atoms with Gasteiger partial charge in [-0.15, -0.1) is 0 Å². The Morgan fingerprint density at radius 2 is 1.21 bits per heavy atom. The van der Waals surface area contributed by atoms with Crippen molar-refractivity contribution in [2.45, 2.75) is 234 Å². The lowest BCUT2D eigenvalue weighted by Gasteiger charge is -2.34. The lowest BCUT2D eigenvalue weighted by Crippen LogP contribution is -2.41. The number of ether oxygens (including phenoxy) is 2. The molecule has 14 nitrogen and oxygen atoms in total. The van der Waals surface area contributed by atoms with Crippen molar-refractivity contribution in [1.82, 2.24) is 0 Å². The lowest BCUT2D eigenvalue weighted by atomic mass is 9.85. The van der Waals surface area contributed by atoms with E-state index in [4.69, 9.17) is 19.7 Å². The van der Waals surface area contributed by atoms with Crippen molar-refractivity contribution in [3.05, 3.63) is 0 Å². The number of carbonyl (C=O) groups is 4. The Hall–Kier alpha value is -2.36. The molecule has 0 aromatic carbocycles. The van der Waals surface area contributed by atoms with E-state index in [1.807, 2.05) is 0 Å². The van der Waals surface area contributed by atoms with Crippen molar-refractivity contribution in [2.75, 3.05) is 0 Å². The van der Waals surface area contributed by atoms with E-state index >= 15 is 0 Å². The maximum atomic E-state index is 11.2. The number of hydrogen-bond acceptors (Lipinski definition) is 12. The molecule has 0 aliphatic carbocycles. The van der Waals surface area contributed by atoms with E-state index < -0.39 is 47.6 Å². The minimum absolute atomic E-state index is 0.0783. The number of aliphatic hydroxyl groups excluding tert-OH is 4. The summed E-state index contributed by atoms with van der Waals surface area (Å²) in [4.78, 5) is 42.9. The van der Waals surface area contributed by atoms with Gasteiger partial charge in [0.1, 0.15) is 12.2 Å². The summed E-state index contributed by atoms with van der Waals surface area (Å²) in [6.45, 7) is 24.3. The molecule has 0 bridgehead atoms. The quantitative estimate of drug-likeness (QED) is 0.0682. The van der Waals surface area contributed by atoms with Crippen LogP contribution in [0.3, 0.4) is 0 Å². The fourth-order valence-electron chi connectivity index (χ4n) is 6.31. The fourth-order valence-corrected chi connectivity index (χ4v) is 6.31. The van der Waals surface area contributed by atoms with E-state index in [9.17, 15) is 49.8 Å². The Kier molecular flexibility index (Phi) is 27.4. The lowest BCUT2D eigenvalue weighted by molar-refractivity contribution is -0.169. The average molecular weight is 837 g/mol. The molecule has 344 valence electrons. The van der Waals surface area contributed by atoms with Crippen LogP contribution in [0.25, 0.3) is 0 Å². The summed E-state index contributed by atoms with van der Waals surface area (Å²) in [6.07, 6.45) is 4.95. The number of hydrogen-bond donors (Lipinski definition) is 8. The first-order valence-corrected chi connectivity index (χ1v) is 21.2. The third kappa shape index (κ3) is 36.7. The second-order valence-corrected chi connectivity index (χ2v) is 20.4. The Morgan fingerprint density at radius 1 is 0.741 bits per heavy atom. The van der Waals surface area contributed by atoms with E-state index in [-0.39, 0.29) is 73.5 Å². The van der Waals surface area contributed by atoms with Crippen LogP contribution >= 0.6 is 0 Å². The van der Waals surface area contributed by atoms with Gasteiger partial charge in [-0.2, -0.15) is 0 Å². The molecule has 2 saturated heterocycles. The van der Waals surface area contributed by atoms with Crippen molar-refractivity contribution in [3.63, 3.8) is 0 Å². The third-order valence-electron chi connectivity index (χ3n) is 9.48. The molecule has 14 heteroatoms. The molecule has 8 unspecified atom stereocenters. The Balaban J connectivity index is 0. The smallest absolute Gasteiger partial charge is 0.308 e. The largest absolute Gasteiger partial charge is 0.481 e. The van der Waals surface area contributed by atoms with Crippen LogP contribution in [-0.4, -0.2) is 113 Å². The Labute approximate surface area is 349 Å². The maximum absolute atomic E-state index is 11.2. The highest BCUT2D eigenvalue weighted by Gasteiger charge is 2.36. The number of esters is 2. The average Bonchev–Trinajstić information content (AvgIpc) is 2.98. The second-order valence-electron chi connectivity index (χ2n) is 20.4. The van der Waals surface area contributed by atoms with E-state index in [1.54, 1.807) is 6.92 Å². The second kappa shape index (κ2) is 27.5. The van der Waals surface area contributed by atoms with Crippen molar-refractivity contribution in [2.24, 2.45) is 22.7 Å². The summed E-state index contributed by atoms with van der Waals surface area (Å²) in [5.74, 6) is -1.59. The first-order valence-electron chi connectivity index (χ1n) is 21.2. The van der Waals surface area contributed by atoms with Crippen molar-refractivity contribution in [3.8, 4) is 0 Å². The monoisotopic (exact) mass is 837 g/mol. The van der Waals surface area contributed by atoms with Gasteiger partial charge in [0.25, 0.3) is 0 Å². The van der Waals surface area contributed by atoms with Crippen LogP contribution in [0.2, 0.25) is 0 Å². The number of cyclic esters (lactones) is 2. The topological polar surface area (TPSA) is 249 Å². The summed E-state index contributed by atoms with van der Waals surface area (Å²) in [5.41, 5.74) is -1.69. The number of carboxylic acids is 2. The highest BCUT2D eigenvalue weighted by Crippen LogP contribution is 2.31. The third-order valence-corrected chi connectivity index (χ3v) is 9.48. The van der Waals surface area contributed by atoms with Crippen molar-refractivity contribution >= 4 is 23.9 Å². The molecule has 0 saturated carbocycles. The van der Waals surface area contributed by atoms with Gasteiger partial charge in [0.05, 0.1) is 61.3 Å². The first-order chi connectivity index (χ1) is 26.2. The molecule has 2 heterocycles. The van der Waals surface area contributed by atoms with Crippen LogP contribution in [-0.2, 0) is 28.7 Å². The number of aliphatic carboxylic acids is 2. The summed E-state index contributed by atoms with van der Waals surface area (Å²) in [7, 11) is 0. The van der Waals surface area contributed by atoms with Gasteiger partial charge in [-0.05, 0) is 94.3 Å². The molecule has 2 aliphatic heterocycles. The first kappa shape index (κ1) is 57.7. The zero-order valence-electron chi connectivity index (χ0n) is 38.0. The molecule has 0 aromatic heterocycles. The molecule has 58 heavy (non-hydrogen) atoms. The number of aliphatic hydroxyl groups is 6. The SMILES string of the molecule is CC(C)(C)CCC1CC(C)(O)CC(=O)O1.CC(C)(C)CCC1CC(O)CC(=O)O1.CC(C)CCC(O)CC(C)(O)CC(=O)O.CC(C)CCC(O)CC(O)CC(=O)O. The molecule has 0 amide bonds. The molecule has 2 fully saturated rings. The Morgan fingerprint density at radius 3 is 1.62 bits per heavy atom. The maximum Gasteiger partial charge on any atom is 0.308 e. The molecular formula is C44H84O14. The molecule has 8 atom stereocenters. The van der Waals surface area contributed by atoms with Gasteiger partial charge in [-0.3, -0.25) is 19.2 Å². The van der Waals surface area contributed by atoms with Crippen LogP contribution in [0.1, 0.15) is 186 Å². The van der Waals surface area contributed by atoms with Crippen LogP contribution in [0.15, 0.2) is 0 Å². The number of carbonyl (C=O) groups excluding carboxylic acids is 2. The summed E-state index contributed by atoms with van der Waals surface area (Å²) < 4.78 is 10.4. The molecular weight excluding hydrogens is 752 g/mol. The summed E-state index contributed by atoms with van der Waals surface area (Å²) >= 11 is 0. The zero-order valence-corrected chi connectivity index (χ0v) is 38.0. The minimum Gasteiger partial charge on any atom is -0.481 e. The Bertz CT molecular complexity index is 1170. The van der Waals surface area contributed by atoms with Crippen LogP contribution in [0, 0.1) is 22.7 Å². The van der Waals surface area contributed by atoms with E-state index in [0.717, 1.165) is 38.5 Å². The van der Waals surface area contributed by atoms with E-state index in [1.165, 1.54) is 6.92 Å². The highest BCUT2D eigenvalue weighted by atomic mass is 16.6. The van der Waals surface area contributed by atoms with Crippen molar-refractivity contribution < 1.29 is 69.5 Å². The van der Waals surface area contributed by atoms with Gasteiger partial charge in [-0.1, -0.05) is 69.2 Å². The van der Waals surface area contributed by atoms with Crippen LogP contribution in [0.5, 0.6) is 0 Å². The molecule has 0 aromatic rings. The van der Waals surface area contributed by atoms with E-state index in [0.29, 0.717) is 37.5 Å². The van der Waals surface area contributed by atoms with Gasteiger partial charge >= 0.3 is 23.9 Å². The summed E-state index contributed by atoms with van der Waals surface area (Å²) in [6, 6.07) is 0. The molecule has 0 radical (unpaired) electrons. The predicted molar refractivity (Wildman–Crippen MR) is 223 cm³/mol. The fraction of sp³-hybridized carbons (Fsp3) is 0.909. The number of carboxylic acid groups (broad SMARTS) is 2. The van der Waals surface area contributed by atoms with Gasteiger partial charge in [0.2, 0.25) is 0 Å². The van der Waals surface area contributed by atoms with E-state index in [2.05, 4.69) is 69.2 Å². The summed E-state index contributed by atoms with van der Waals surface area (Å²) in [5, 5.41) is 74.1. The number of rotatable bonds is 18. The molecule has 0 spiro atoms. The van der Waals surface area contributed by atoms with Gasteiger partial charge in [-0.25, -0.2) is 0 Å². The molecule has 2 rings (SSSR count). The minimum atomic E-state index is -1.32.